The third-order valence-corrected chi connectivity index (χ3v) is 22.1. The van der Waals surface area contributed by atoms with Crippen LogP contribution in [0.5, 0.6) is 0 Å². The highest BCUT2D eigenvalue weighted by Gasteiger charge is 2.51. The number of hydrogen-bond acceptors (Lipinski definition) is 3. The molecule has 3 nitrogen and oxygen atoms in total. The highest BCUT2D eigenvalue weighted by Crippen LogP contribution is 2.59. The van der Waals surface area contributed by atoms with Gasteiger partial charge in [0.05, 0.1) is 17.8 Å². The molecule has 0 heterocycles. The normalized spacial score (nSPS) is 29.4. The Bertz CT molecular complexity index is 1180. The first-order valence-corrected chi connectivity index (χ1v) is 24.1. The molecule has 1 saturated carbocycles. The Morgan fingerprint density at radius 2 is 1.49 bits per heavy atom. The molecule has 3 aliphatic carbocycles. The largest absolute Gasteiger partial charge is 0.413 e. The first-order chi connectivity index (χ1) is 20.3. The maximum atomic E-state index is 10.3. The van der Waals surface area contributed by atoms with E-state index in [1.807, 2.05) is 13.8 Å². The molecule has 45 heavy (non-hydrogen) atoms. The zero-order chi connectivity index (χ0) is 34.4. The summed E-state index contributed by atoms with van der Waals surface area (Å²) in [5.74, 6) is 9.66. The van der Waals surface area contributed by atoms with E-state index in [1.165, 1.54) is 48.0 Å². The summed E-state index contributed by atoms with van der Waals surface area (Å²) in [7, 11) is -3.91. The predicted octanol–water partition coefficient (Wildman–Crippen LogP) is 11.6. The average Bonchev–Trinajstić information content (AvgIpc) is 3.20. The van der Waals surface area contributed by atoms with Crippen LogP contribution in [0.3, 0.4) is 0 Å². The number of fused-ring (bicyclic) bond motifs is 1. The lowest BCUT2D eigenvalue weighted by Gasteiger charge is -2.45. The number of allylic oxidation sites excluding steroid dienone is 2. The van der Waals surface area contributed by atoms with Gasteiger partial charge in [-0.3, -0.25) is 0 Å². The van der Waals surface area contributed by atoms with Crippen LogP contribution in [0.15, 0.2) is 22.3 Å². The van der Waals surface area contributed by atoms with E-state index in [0.717, 1.165) is 38.0 Å². The molecule has 3 rings (SSSR count). The van der Waals surface area contributed by atoms with Crippen molar-refractivity contribution in [3.05, 3.63) is 22.3 Å². The SMILES string of the molecule is CC1=C(C#CC2=C(C)[C@@H](O[Si](C)(C)C(C)(C)C)C[C@H](O[Si](C)(C)C(C)(C)C)C2)[C@@H]2CC[C@H]([C@H](C)CCCC(C)(C)O)[C@@]2(C)CC1. The molecule has 0 saturated heterocycles. The van der Waals surface area contributed by atoms with E-state index in [9.17, 15) is 5.11 Å². The summed E-state index contributed by atoms with van der Waals surface area (Å²) >= 11 is 0. The van der Waals surface area contributed by atoms with Crippen molar-refractivity contribution in [2.24, 2.45) is 23.2 Å². The molecule has 3 aliphatic rings. The molecule has 0 aromatic rings. The minimum absolute atomic E-state index is 0.0750. The van der Waals surface area contributed by atoms with Crippen LogP contribution in [0, 0.1) is 35.0 Å². The molecule has 0 spiro atoms. The first kappa shape index (κ1) is 38.8. The molecule has 0 aromatic heterocycles. The average molecular weight is 657 g/mol. The van der Waals surface area contributed by atoms with Gasteiger partial charge >= 0.3 is 0 Å². The van der Waals surface area contributed by atoms with Gasteiger partial charge in [-0.05, 0) is 125 Å². The lowest BCUT2D eigenvalue weighted by atomic mass is 9.61. The second-order valence-electron chi connectivity index (χ2n) is 19.3. The van der Waals surface area contributed by atoms with Gasteiger partial charge in [0.1, 0.15) is 0 Å². The molecule has 5 heteroatoms. The Labute approximate surface area is 282 Å². The van der Waals surface area contributed by atoms with Crippen molar-refractivity contribution in [1.29, 1.82) is 0 Å². The van der Waals surface area contributed by atoms with Gasteiger partial charge < -0.3 is 14.0 Å². The van der Waals surface area contributed by atoms with E-state index in [-0.39, 0.29) is 22.3 Å². The van der Waals surface area contributed by atoms with E-state index in [1.54, 1.807) is 0 Å². The fraction of sp³-hybridized carbons (Fsp3) is 0.850. The second-order valence-corrected chi connectivity index (χ2v) is 28.8. The van der Waals surface area contributed by atoms with E-state index >= 15 is 0 Å². The number of hydrogen-bond donors (Lipinski definition) is 1. The topological polar surface area (TPSA) is 38.7 Å². The van der Waals surface area contributed by atoms with Gasteiger partial charge in [-0.15, -0.1) is 0 Å². The molecule has 0 amide bonds. The summed E-state index contributed by atoms with van der Waals surface area (Å²) in [5, 5.41) is 10.6. The standard InChI is InChI=1S/C40H72O3Si2/c1-28-23-25-40(12)34(29(2)18-17-24-39(10,11)41)21-22-35(40)33(28)20-19-31-26-32(42-44(13,14)37(4,5)6)27-36(30(31)3)43-45(15,16)38(7,8)9/h29,32,34-36,41H,17-18,21-27H2,1-16H3/t29-,32-,34-,35+,36+,40-/m1/s1. The molecule has 0 aliphatic heterocycles. The molecule has 258 valence electrons. The summed E-state index contributed by atoms with van der Waals surface area (Å²) in [6.07, 6.45) is 10.3. The quantitative estimate of drug-likeness (QED) is 0.198. The number of rotatable bonds is 9. The van der Waals surface area contributed by atoms with Gasteiger partial charge in [0, 0.05) is 24.0 Å². The van der Waals surface area contributed by atoms with Crippen LogP contribution < -0.4 is 0 Å². The van der Waals surface area contributed by atoms with Gasteiger partial charge in [0.2, 0.25) is 0 Å². The minimum Gasteiger partial charge on any atom is -0.413 e. The van der Waals surface area contributed by atoms with E-state index < -0.39 is 22.2 Å². The van der Waals surface area contributed by atoms with Crippen molar-refractivity contribution in [3.8, 4) is 11.8 Å². The molecular weight excluding hydrogens is 585 g/mol. The third-order valence-electron chi connectivity index (χ3n) is 13.1. The molecule has 0 bridgehead atoms. The summed E-state index contributed by atoms with van der Waals surface area (Å²) in [5.41, 5.74) is 5.29. The Kier molecular flexibility index (Phi) is 11.8. The predicted molar refractivity (Wildman–Crippen MR) is 199 cm³/mol. The Morgan fingerprint density at radius 1 is 0.911 bits per heavy atom. The van der Waals surface area contributed by atoms with Crippen molar-refractivity contribution in [3.63, 3.8) is 0 Å². The van der Waals surface area contributed by atoms with Crippen LogP contribution >= 0.6 is 0 Å². The minimum atomic E-state index is -1.97. The Balaban J connectivity index is 1.92. The van der Waals surface area contributed by atoms with Gasteiger partial charge in [0.15, 0.2) is 16.6 Å². The smallest absolute Gasteiger partial charge is 0.192 e. The van der Waals surface area contributed by atoms with Crippen molar-refractivity contribution >= 4 is 16.6 Å². The summed E-state index contributed by atoms with van der Waals surface area (Å²) < 4.78 is 14.2. The fourth-order valence-corrected chi connectivity index (χ4v) is 10.6. The highest BCUT2D eigenvalue weighted by atomic mass is 28.4. The van der Waals surface area contributed by atoms with Crippen LogP contribution in [0.4, 0.5) is 0 Å². The molecule has 1 fully saturated rings. The van der Waals surface area contributed by atoms with Crippen LogP contribution in [0.1, 0.15) is 141 Å². The zero-order valence-corrected chi connectivity index (χ0v) is 34.5. The van der Waals surface area contributed by atoms with Gasteiger partial charge in [0.25, 0.3) is 0 Å². The molecule has 0 aromatic carbocycles. The maximum absolute atomic E-state index is 10.3. The molecule has 0 radical (unpaired) electrons. The highest BCUT2D eigenvalue weighted by molar-refractivity contribution is 6.74. The van der Waals surface area contributed by atoms with Crippen LogP contribution in [0.2, 0.25) is 36.3 Å². The van der Waals surface area contributed by atoms with Crippen molar-refractivity contribution in [2.45, 2.75) is 195 Å². The lowest BCUT2D eigenvalue weighted by Crippen LogP contribution is -2.49. The van der Waals surface area contributed by atoms with Gasteiger partial charge in [-0.2, -0.15) is 0 Å². The molecule has 0 unspecified atom stereocenters. The van der Waals surface area contributed by atoms with Gasteiger partial charge in [-0.1, -0.05) is 85.6 Å². The Morgan fingerprint density at radius 3 is 2.04 bits per heavy atom. The monoisotopic (exact) mass is 657 g/mol. The van der Waals surface area contributed by atoms with E-state index in [2.05, 4.69) is 107 Å². The van der Waals surface area contributed by atoms with Gasteiger partial charge in [-0.25, -0.2) is 0 Å². The summed E-state index contributed by atoms with van der Waals surface area (Å²) in [6, 6.07) is 0. The van der Waals surface area contributed by atoms with Crippen molar-refractivity contribution in [1.82, 2.24) is 0 Å². The summed E-state index contributed by atoms with van der Waals surface area (Å²) in [6.45, 7) is 37.1. The van der Waals surface area contributed by atoms with Crippen molar-refractivity contribution < 1.29 is 14.0 Å². The maximum Gasteiger partial charge on any atom is 0.192 e. The van der Waals surface area contributed by atoms with Crippen LogP contribution in [0.25, 0.3) is 0 Å². The van der Waals surface area contributed by atoms with E-state index in [0.29, 0.717) is 17.3 Å². The molecule has 1 N–H and O–H groups in total. The van der Waals surface area contributed by atoms with E-state index in [4.69, 9.17) is 8.85 Å². The van der Waals surface area contributed by atoms with Crippen LogP contribution in [-0.2, 0) is 8.85 Å². The fourth-order valence-electron chi connectivity index (χ4n) is 7.90. The van der Waals surface area contributed by atoms with Crippen molar-refractivity contribution in [2.75, 3.05) is 0 Å². The molecular formula is C40H72O3Si2. The summed E-state index contributed by atoms with van der Waals surface area (Å²) in [4.78, 5) is 0. The van der Waals surface area contributed by atoms with Crippen LogP contribution in [-0.4, -0.2) is 39.6 Å². The second kappa shape index (κ2) is 13.7. The Hall–Kier alpha value is -0.646. The first-order valence-electron chi connectivity index (χ1n) is 18.3. The molecule has 6 atom stereocenters. The third kappa shape index (κ3) is 9.08. The number of aliphatic hydroxyl groups is 1. The lowest BCUT2D eigenvalue weighted by molar-refractivity contribution is 0.0611. The zero-order valence-electron chi connectivity index (χ0n) is 32.5.